The number of hydrogen-bond acceptors (Lipinski definition) is 3. The van der Waals surface area contributed by atoms with Gasteiger partial charge in [0.25, 0.3) is 0 Å². The van der Waals surface area contributed by atoms with E-state index >= 15 is 0 Å². The molecule has 1 aromatic heterocycles. The zero-order chi connectivity index (χ0) is 14.5. The molecule has 102 valence electrons. The fourth-order valence-electron chi connectivity index (χ4n) is 1.83. The second kappa shape index (κ2) is 6.07. The molecule has 2 aromatic rings. The van der Waals surface area contributed by atoms with Crippen LogP contribution in [0.2, 0.25) is 0 Å². The van der Waals surface area contributed by atoms with Crippen LogP contribution in [-0.4, -0.2) is 17.6 Å². The number of fused-ring (bicyclic) bond motifs is 1. The van der Waals surface area contributed by atoms with Gasteiger partial charge in [0, 0.05) is 22.7 Å². The fraction of sp³-hybridized carbons (Fsp3) is 0.250. The summed E-state index contributed by atoms with van der Waals surface area (Å²) in [6, 6.07) is 9.62. The van der Waals surface area contributed by atoms with Gasteiger partial charge in [0.05, 0.1) is 6.61 Å². The molecule has 0 unspecified atom stereocenters. The third kappa shape index (κ3) is 3.07. The molecule has 1 N–H and O–H groups in total. The van der Waals surface area contributed by atoms with E-state index in [0.717, 1.165) is 16.5 Å². The maximum absolute atomic E-state index is 11.8. The minimum Gasteiger partial charge on any atom is -0.461 e. The molecule has 2 rings (SSSR count). The topological polar surface area (TPSA) is 65.9 Å². The lowest BCUT2D eigenvalue weighted by atomic mass is 10.1. The molecule has 0 spiro atoms. The van der Waals surface area contributed by atoms with Gasteiger partial charge in [-0.3, -0.25) is 0 Å². The van der Waals surface area contributed by atoms with E-state index in [2.05, 4.69) is 4.98 Å². The summed E-state index contributed by atoms with van der Waals surface area (Å²) >= 11 is 0. The zero-order valence-electron chi connectivity index (χ0n) is 11.5. The molecule has 0 atom stereocenters. The summed E-state index contributed by atoms with van der Waals surface area (Å²) in [6.45, 7) is 4.21. The number of ether oxygens (including phenoxy) is 1. The summed E-state index contributed by atoms with van der Waals surface area (Å²) in [5.41, 5.74) is 1.78. The summed E-state index contributed by atoms with van der Waals surface area (Å²) < 4.78 is 5.08. The van der Waals surface area contributed by atoms with Gasteiger partial charge < -0.3 is 9.72 Å². The van der Waals surface area contributed by atoms with Crippen molar-refractivity contribution in [1.82, 2.24) is 4.98 Å². The molecule has 0 saturated carbocycles. The molecule has 20 heavy (non-hydrogen) atoms. The number of carbonyl (C=O) groups is 1. The molecule has 0 saturated heterocycles. The predicted octanol–water partition coefficient (Wildman–Crippen LogP) is 3.27. The van der Waals surface area contributed by atoms with Crippen LogP contribution in [0.4, 0.5) is 0 Å². The molecule has 4 heteroatoms. The Morgan fingerprint density at radius 2 is 2.20 bits per heavy atom. The van der Waals surface area contributed by atoms with Crippen LogP contribution >= 0.6 is 0 Å². The minimum atomic E-state index is -0.577. The van der Waals surface area contributed by atoms with Crippen LogP contribution in [0.1, 0.15) is 19.4 Å². The van der Waals surface area contributed by atoms with Gasteiger partial charge in [0.15, 0.2) is 0 Å². The van der Waals surface area contributed by atoms with Crippen molar-refractivity contribution in [2.75, 3.05) is 6.61 Å². The van der Waals surface area contributed by atoms with E-state index in [1.54, 1.807) is 12.3 Å². The van der Waals surface area contributed by atoms with Crippen molar-refractivity contribution in [2.45, 2.75) is 13.8 Å². The number of nitriles is 1. The monoisotopic (exact) mass is 268 g/mol. The number of hydrogen-bond donors (Lipinski definition) is 1. The first-order valence-corrected chi connectivity index (χ1v) is 6.47. The lowest BCUT2D eigenvalue weighted by Gasteiger charge is -2.05. The fourth-order valence-corrected chi connectivity index (χ4v) is 1.83. The molecule has 0 aliphatic rings. The van der Waals surface area contributed by atoms with E-state index in [1.165, 1.54) is 0 Å². The number of nitrogens with one attached hydrogen (secondary N) is 1. The quantitative estimate of drug-likeness (QED) is 0.525. The second-order valence-electron chi connectivity index (χ2n) is 4.95. The summed E-state index contributed by atoms with van der Waals surface area (Å²) in [5, 5.41) is 10.1. The van der Waals surface area contributed by atoms with Crippen molar-refractivity contribution in [2.24, 2.45) is 5.92 Å². The van der Waals surface area contributed by atoms with Gasteiger partial charge in [0.1, 0.15) is 11.6 Å². The number of esters is 1. The standard InChI is InChI=1S/C16H16N2O2/c1-11(2)10-20-16(19)12(8-17)7-13-9-18-15-6-4-3-5-14(13)15/h3-7,9,11,18H,10H2,1-2H3/b12-7+. The van der Waals surface area contributed by atoms with E-state index in [9.17, 15) is 4.79 Å². The Bertz CT molecular complexity index is 690. The molecule has 0 bridgehead atoms. The van der Waals surface area contributed by atoms with Crippen LogP contribution in [-0.2, 0) is 9.53 Å². The smallest absolute Gasteiger partial charge is 0.348 e. The zero-order valence-corrected chi connectivity index (χ0v) is 11.5. The normalized spacial score (nSPS) is 11.6. The van der Waals surface area contributed by atoms with E-state index in [1.807, 2.05) is 44.2 Å². The number of rotatable bonds is 4. The molecular formula is C16H16N2O2. The van der Waals surface area contributed by atoms with Gasteiger partial charge >= 0.3 is 5.97 Å². The lowest BCUT2D eigenvalue weighted by Crippen LogP contribution is -2.11. The summed E-state index contributed by atoms with van der Waals surface area (Å²) in [4.78, 5) is 14.9. The highest BCUT2D eigenvalue weighted by Gasteiger charge is 2.12. The van der Waals surface area contributed by atoms with Gasteiger partial charge in [-0.15, -0.1) is 0 Å². The molecule has 0 amide bonds. The highest BCUT2D eigenvalue weighted by Crippen LogP contribution is 2.20. The van der Waals surface area contributed by atoms with Crippen LogP contribution in [0.15, 0.2) is 36.0 Å². The number of benzene rings is 1. The second-order valence-corrected chi connectivity index (χ2v) is 4.95. The number of nitrogens with zero attached hydrogens (tertiary/aromatic N) is 1. The molecular weight excluding hydrogens is 252 g/mol. The molecule has 0 aliphatic carbocycles. The predicted molar refractivity (Wildman–Crippen MR) is 77.7 cm³/mol. The minimum absolute atomic E-state index is 0.00963. The number of carbonyl (C=O) groups excluding carboxylic acids is 1. The van der Waals surface area contributed by atoms with Crippen molar-refractivity contribution in [3.8, 4) is 6.07 Å². The molecule has 0 fully saturated rings. The molecule has 0 aliphatic heterocycles. The molecule has 1 aromatic carbocycles. The SMILES string of the molecule is CC(C)COC(=O)/C(C#N)=C/c1c[nH]c2ccccc12. The Labute approximate surface area is 117 Å². The van der Waals surface area contributed by atoms with Crippen molar-refractivity contribution < 1.29 is 9.53 Å². The van der Waals surface area contributed by atoms with Crippen LogP contribution in [0, 0.1) is 17.2 Å². The number of aromatic nitrogens is 1. The summed E-state index contributed by atoms with van der Waals surface area (Å²) in [7, 11) is 0. The van der Waals surface area contributed by atoms with Crippen LogP contribution < -0.4 is 0 Å². The first-order chi connectivity index (χ1) is 9.61. The third-order valence-electron chi connectivity index (χ3n) is 2.81. The van der Waals surface area contributed by atoms with Crippen LogP contribution in [0.5, 0.6) is 0 Å². The largest absolute Gasteiger partial charge is 0.461 e. The lowest BCUT2D eigenvalue weighted by molar-refractivity contribution is -0.139. The summed E-state index contributed by atoms with van der Waals surface area (Å²) in [6.07, 6.45) is 3.33. The number of para-hydroxylation sites is 1. The third-order valence-corrected chi connectivity index (χ3v) is 2.81. The van der Waals surface area contributed by atoms with E-state index in [0.29, 0.717) is 6.61 Å². The Hall–Kier alpha value is -2.54. The molecule has 4 nitrogen and oxygen atoms in total. The first kappa shape index (κ1) is 13.9. The van der Waals surface area contributed by atoms with Gasteiger partial charge in [-0.25, -0.2) is 4.79 Å². The average molecular weight is 268 g/mol. The van der Waals surface area contributed by atoms with Crippen molar-refractivity contribution in [3.63, 3.8) is 0 Å². The Kier molecular flexibility index (Phi) is 4.21. The van der Waals surface area contributed by atoms with E-state index in [-0.39, 0.29) is 11.5 Å². The highest BCUT2D eigenvalue weighted by atomic mass is 16.5. The van der Waals surface area contributed by atoms with Crippen molar-refractivity contribution in [3.05, 3.63) is 41.6 Å². The van der Waals surface area contributed by atoms with Crippen LogP contribution in [0.25, 0.3) is 17.0 Å². The van der Waals surface area contributed by atoms with Crippen molar-refractivity contribution >= 4 is 22.9 Å². The van der Waals surface area contributed by atoms with E-state index < -0.39 is 5.97 Å². The van der Waals surface area contributed by atoms with Gasteiger partial charge in [-0.05, 0) is 18.1 Å². The first-order valence-electron chi connectivity index (χ1n) is 6.47. The molecule has 1 heterocycles. The molecule has 0 radical (unpaired) electrons. The summed E-state index contributed by atoms with van der Waals surface area (Å²) in [5.74, 6) is -0.335. The Balaban J connectivity index is 2.27. The van der Waals surface area contributed by atoms with Gasteiger partial charge in [0.2, 0.25) is 0 Å². The van der Waals surface area contributed by atoms with E-state index in [4.69, 9.17) is 10.00 Å². The Morgan fingerprint density at radius 3 is 2.90 bits per heavy atom. The number of H-pyrrole nitrogens is 1. The average Bonchev–Trinajstić information content (AvgIpc) is 2.85. The van der Waals surface area contributed by atoms with Crippen LogP contribution in [0.3, 0.4) is 0 Å². The number of aromatic amines is 1. The van der Waals surface area contributed by atoms with Crippen molar-refractivity contribution in [1.29, 1.82) is 5.26 Å². The van der Waals surface area contributed by atoms with Gasteiger partial charge in [-0.2, -0.15) is 5.26 Å². The maximum Gasteiger partial charge on any atom is 0.348 e. The highest BCUT2D eigenvalue weighted by molar-refractivity contribution is 6.01. The van der Waals surface area contributed by atoms with Gasteiger partial charge in [-0.1, -0.05) is 32.0 Å². The Morgan fingerprint density at radius 1 is 1.45 bits per heavy atom. The maximum atomic E-state index is 11.8.